The molecule has 2 saturated heterocycles. The molecule has 2 aliphatic heterocycles. The first-order valence-electron chi connectivity index (χ1n) is 5.75. The van der Waals surface area contributed by atoms with E-state index in [0.717, 1.165) is 18.2 Å². The molecule has 15 heavy (non-hydrogen) atoms. The highest BCUT2D eigenvalue weighted by Gasteiger charge is 2.46. The van der Waals surface area contributed by atoms with Gasteiger partial charge in [-0.15, -0.1) is 0 Å². The van der Waals surface area contributed by atoms with Gasteiger partial charge in [0.05, 0.1) is 5.69 Å². The summed E-state index contributed by atoms with van der Waals surface area (Å²) < 4.78 is 0. The fraction of sp³-hybridized carbons (Fsp3) is 0.583. The molecular weight excluding hydrogens is 186 g/mol. The van der Waals surface area contributed by atoms with E-state index >= 15 is 0 Å². The van der Waals surface area contributed by atoms with Crippen molar-refractivity contribution in [1.82, 2.24) is 10.3 Å². The number of hydrogen-bond acceptors (Lipinski definition) is 3. The van der Waals surface area contributed by atoms with Gasteiger partial charge >= 0.3 is 0 Å². The van der Waals surface area contributed by atoms with Crippen LogP contribution >= 0.6 is 0 Å². The van der Waals surface area contributed by atoms with Crippen LogP contribution in [-0.2, 0) is 0 Å². The normalized spacial score (nSPS) is 33.2. The summed E-state index contributed by atoms with van der Waals surface area (Å²) in [7, 11) is 0. The first-order valence-corrected chi connectivity index (χ1v) is 5.75. The number of anilines is 1. The van der Waals surface area contributed by atoms with E-state index in [1.54, 1.807) is 0 Å². The minimum Gasteiger partial charge on any atom is -0.382 e. The molecule has 4 rings (SSSR count). The number of rotatable bonds is 3. The van der Waals surface area contributed by atoms with Crippen LogP contribution in [0.4, 0.5) is 5.69 Å². The van der Waals surface area contributed by atoms with Crippen molar-refractivity contribution in [3.8, 4) is 0 Å². The molecule has 2 bridgehead atoms. The predicted octanol–water partition coefficient (Wildman–Crippen LogP) is 1.64. The van der Waals surface area contributed by atoms with Crippen molar-refractivity contribution in [3.05, 3.63) is 24.5 Å². The SMILES string of the molecule is c1cncc(NCC23CC(CCN2)C3)c1. The topological polar surface area (TPSA) is 37.0 Å². The highest BCUT2D eigenvalue weighted by Crippen LogP contribution is 2.43. The lowest BCUT2D eigenvalue weighted by atomic mass is 9.64. The van der Waals surface area contributed by atoms with E-state index in [0.29, 0.717) is 5.54 Å². The third-order valence-electron chi connectivity index (χ3n) is 3.70. The molecule has 1 aliphatic carbocycles. The molecule has 3 nitrogen and oxygen atoms in total. The molecule has 1 saturated carbocycles. The summed E-state index contributed by atoms with van der Waals surface area (Å²) in [5, 5.41) is 7.12. The van der Waals surface area contributed by atoms with Crippen molar-refractivity contribution >= 4 is 5.69 Å². The molecule has 2 N–H and O–H groups in total. The first-order chi connectivity index (χ1) is 7.36. The maximum atomic E-state index is 4.10. The lowest BCUT2D eigenvalue weighted by Gasteiger charge is -2.53. The van der Waals surface area contributed by atoms with E-state index in [1.165, 1.54) is 25.8 Å². The number of piperidine rings is 2. The summed E-state index contributed by atoms with van der Waals surface area (Å²) in [6.07, 6.45) is 7.76. The van der Waals surface area contributed by atoms with Crippen LogP contribution in [0.25, 0.3) is 0 Å². The van der Waals surface area contributed by atoms with Gasteiger partial charge in [0.15, 0.2) is 0 Å². The monoisotopic (exact) mass is 203 g/mol. The summed E-state index contributed by atoms with van der Waals surface area (Å²) in [6.45, 7) is 2.23. The second-order valence-electron chi connectivity index (χ2n) is 4.87. The van der Waals surface area contributed by atoms with Gasteiger partial charge < -0.3 is 10.6 Å². The summed E-state index contributed by atoms with van der Waals surface area (Å²) in [6, 6.07) is 4.04. The molecule has 0 spiro atoms. The van der Waals surface area contributed by atoms with Crippen molar-refractivity contribution in [2.45, 2.75) is 24.8 Å². The second kappa shape index (κ2) is 3.49. The zero-order valence-corrected chi connectivity index (χ0v) is 8.87. The largest absolute Gasteiger partial charge is 0.382 e. The summed E-state index contributed by atoms with van der Waals surface area (Å²) in [4.78, 5) is 4.10. The highest BCUT2D eigenvalue weighted by molar-refractivity contribution is 5.40. The minimum absolute atomic E-state index is 0.388. The maximum Gasteiger partial charge on any atom is 0.0527 e. The van der Waals surface area contributed by atoms with Gasteiger partial charge in [0.1, 0.15) is 0 Å². The summed E-state index contributed by atoms with van der Waals surface area (Å²) >= 11 is 0. The van der Waals surface area contributed by atoms with Crippen molar-refractivity contribution < 1.29 is 0 Å². The van der Waals surface area contributed by atoms with Gasteiger partial charge in [-0.1, -0.05) is 0 Å². The van der Waals surface area contributed by atoms with Crippen LogP contribution in [0, 0.1) is 5.92 Å². The Kier molecular flexibility index (Phi) is 2.13. The molecule has 3 heteroatoms. The van der Waals surface area contributed by atoms with Gasteiger partial charge in [-0.25, -0.2) is 0 Å². The van der Waals surface area contributed by atoms with Crippen molar-refractivity contribution in [1.29, 1.82) is 0 Å². The molecule has 0 atom stereocenters. The van der Waals surface area contributed by atoms with E-state index < -0.39 is 0 Å². The molecule has 3 fully saturated rings. The standard InChI is InChI=1S/C12H17N3/c1-2-11(8-13-4-1)14-9-12-6-10(7-12)3-5-15-12/h1-2,4,8,10,14-15H,3,5-7,9H2. The van der Waals surface area contributed by atoms with Crippen LogP contribution in [0.3, 0.4) is 0 Å². The molecule has 80 valence electrons. The van der Waals surface area contributed by atoms with Crippen LogP contribution in [0.2, 0.25) is 0 Å². The van der Waals surface area contributed by atoms with Crippen LogP contribution in [0.5, 0.6) is 0 Å². The molecule has 0 unspecified atom stereocenters. The molecule has 0 amide bonds. The quantitative estimate of drug-likeness (QED) is 0.784. The van der Waals surface area contributed by atoms with Crippen LogP contribution in [0.15, 0.2) is 24.5 Å². The van der Waals surface area contributed by atoms with Crippen molar-refractivity contribution in [2.75, 3.05) is 18.4 Å². The average Bonchev–Trinajstić information content (AvgIpc) is 2.28. The van der Waals surface area contributed by atoms with Gasteiger partial charge in [0.2, 0.25) is 0 Å². The maximum absolute atomic E-state index is 4.10. The Labute approximate surface area is 90.3 Å². The van der Waals surface area contributed by atoms with E-state index in [-0.39, 0.29) is 0 Å². The third kappa shape index (κ3) is 1.72. The number of hydrogen-bond donors (Lipinski definition) is 2. The van der Waals surface area contributed by atoms with Crippen LogP contribution in [0.1, 0.15) is 19.3 Å². The van der Waals surface area contributed by atoms with Crippen LogP contribution < -0.4 is 10.6 Å². The fourth-order valence-corrected chi connectivity index (χ4v) is 2.88. The Morgan fingerprint density at radius 3 is 3.13 bits per heavy atom. The Morgan fingerprint density at radius 2 is 2.47 bits per heavy atom. The summed E-state index contributed by atoms with van der Waals surface area (Å²) in [5.74, 6) is 0.988. The molecular formula is C12H17N3. The lowest BCUT2D eigenvalue weighted by molar-refractivity contribution is 0.0639. The van der Waals surface area contributed by atoms with Gasteiger partial charge in [0, 0.05) is 24.5 Å². The van der Waals surface area contributed by atoms with E-state index in [1.807, 2.05) is 18.5 Å². The third-order valence-corrected chi connectivity index (χ3v) is 3.70. The molecule has 3 aliphatic rings. The second-order valence-corrected chi connectivity index (χ2v) is 4.87. The zero-order valence-electron chi connectivity index (χ0n) is 8.87. The predicted molar refractivity (Wildman–Crippen MR) is 60.8 cm³/mol. The Bertz CT molecular complexity index is 324. The smallest absolute Gasteiger partial charge is 0.0527 e. The minimum atomic E-state index is 0.388. The number of pyridine rings is 1. The Hall–Kier alpha value is -1.09. The first kappa shape index (κ1) is 9.16. The van der Waals surface area contributed by atoms with Gasteiger partial charge in [-0.2, -0.15) is 0 Å². The van der Waals surface area contributed by atoms with E-state index in [4.69, 9.17) is 0 Å². The number of nitrogens with zero attached hydrogens (tertiary/aromatic N) is 1. The molecule has 1 aromatic rings. The van der Waals surface area contributed by atoms with Gasteiger partial charge in [0.25, 0.3) is 0 Å². The molecule has 0 aromatic carbocycles. The fourth-order valence-electron chi connectivity index (χ4n) is 2.88. The number of nitrogens with one attached hydrogen (secondary N) is 2. The van der Waals surface area contributed by atoms with E-state index in [2.05, 4.69) is 21.7 Å². The van der Waals surface area contributed by atoms with Crippen molar-refractivity contribution in [2.24, 2.45) is 5.92 Å². The van der Waals surface area contributed by atoms with Crippen molar-refractivity contribution in [3.63, 3.8) is 0 Å². The van der Waals surface area contributed by atoms with Crippen LogP contribution in [-0.4, -0.2) is 23.6 Å². The number of aromatic nitrogens is 1. The average molecular weight is 203 g/mol. The van der Waals surface area contributed by atoms with Gasteiger partial charge in [-0.3, -0.25) is 4.98 Å². The number of fused-ring (bicyclic) bond motifs is 2. The molecule has 3 heterocycles. The lowest BCUT2D eigenvalue weighted by Crippen LogP contribution is -2.63. The zero-order chi connectivity index (χ0) is 10.1. The van der Waals surface area contributed by atoms with E-state index in [9.17, 15) is 0 Å². The Balaban J connectivity index is 1.58. The summed E-state index contributed by atoms with van der Waals surface area (Å²) in [5.41, 5.74) is 1.52. The highest BCUT2D eigenvalue weighted by atomic mass is 15.1. The Morgan fingerprint density at radius 1 is 1.53 bits per heavy atom. The molecule has 0 radical (unpaired) electrons. The molecule has 1 aromatic heterocycles. The van der Waals surface area contributed by atoms with Gasteiger partial charge in [-0.05, 0) is 43.9 Å².